The molecule has 0 saturated heterocycles. The van der Waals surface area contributed by atoms with Crippen LogP contribution in [-0.2, 0) is 6.54 Å². The van der Waals surface area contributed by atoms with Gasteiger partial charge in [-0.1, -0.05) is 11.8 Å². The van der Waals surface area contributed by atoms with Gasteiger partial charge in [-0.05, 0) is 42.6 Å². The molecule has 7 heteroatoms. The van der Waals surface area contributed by atoms with Gasteiger partial charge in [0, 0.05) is 12.1 Å². The molecule has 0 unspecified atom stereocenters. The summed E-state index contributed by atoms with van der Waals surface area (Å²) in [6, 6.07) is 7.24. The summed E-state index contributed by atoms with van der Waals surface area (Å²) in [5.74, 6) is -0.357. The number of halogens is 1. The average Bonchev–Trinajstić information content (AvgIpc) is 3.02. The largest absolute Gasteiger partial charge is 0.293 e. The molecule has 3 aromatic rings. The number of carbonyl (C=O) groups excluding carboxylic acids is 1. The van der Waals surface area contributed by atoms with Gasteiger partial charge in [0.2, 0.25) is 0 Å². The lowest BCUT2D eigenvalue weighted by molar-refractivity contribution is 0.102. The number of Topliss-reactive ketones (excluding diaryl/α,β-unsaturated/α-hetero) is 1. The number of thioether (sulfide) groups is 1. The van der Waals surface area contributed by atoms with Gasteiger partial charge in [0.05, 0.1) is 11.3 Å². The van der Waals surface area contributed by atoms with Gasteiger partial charge in [-0.15, -0.1) is 11.3 Å². The molecule has 1 aromatic carbocycles. The van der Waals surface area contributed by atoms with Crippen molar-refractivity contribution in [2.45, 2.75) is 18.6 Å². The number of rotatable bonds is 5. The number of thiophene rings is 1. The molecule has 118 valence electrons. The van der Waals surface area contributed by atoms with Crippen molar-refractivity contribution in [1.29, 1.82) is 0 Å². The number of hydrogen-bond acceptors (Lipinski definition) is 5. The van der Waals surface area contributed by atoms with E-state index < -0.39 is 0 Å². The monoisotopic (exact) mass is 348 g/mol. The van der Waals surface area contributed by atoms with Crippen molar-refractivity contribution in [3.63, 3.8) is 0 Å². The van der Waals surface area contributed by atoms with Crippen LogP contribution in [0.5, 0.6) is 0 Å². The molecular weight excluding hydrogens is 335 g/mol. The minimum absolute atomic E-state index is 0.0794. The number of benzene rings is 1. The molecule has 0 N–H and O–H groups in total. The molecule has 0 spiro atoms. The summed E-state index contributed by atoms with van der Waals surface area (Å²) >= 11 is 2.59. The number of nitrogens with zero attached hydrogens (tertiary/aromatic N) is 2. The van der Waals surface area contributed by atoms with E-state index in [2.05, 4.69) is 4.98 Å². The number of fused-ring (bicyclic) bond motifs is 1. The fourth-order valence-corrected chi connectivity index (χ4v) is 3.90. The number of hydrogen-bond donors (Lipinski definition) is 0. The van der Waals surface area contributed by atoms with Crippen molar-refractivity contribution in [3.8, 4) is 0 Å². The highest BCUT2D eigenvalue weighted by Gasteiger charge is 2.14. The van der Waals surface area contributed by atoms with Gasteiger partial charge < -0.3 is 0 Å². The smallest absolute Gasteiger partial charge is 0.272 e. The summed E-state index contributed by atoms with van der Waals surface area (Å²) in [5, 5.41) is 2.36. The average molecular weight is 348 g/mol. The van der Waals surface area contributed by atoms with E-state index in [0.29, 0.717) is 27.5 Å². The maximum atomic E-state index is 12.9. The summed E-state index contributed by atoms with van der Waals surface area (Å²) < 4.78 is 15.1. The highest BCUT2D eigenvalue weighted by molar-refractivity contribution is 7.99. The quantitative estimate of drug-likeness (QED) is 0.402. The molecule has 2 heterocycles. The summed E-state index contributed by atoms with van der Waals surface area (Å²) in [7, 11) is 0. The molecule has 0 bridgehead atoms. The molecule has 0 aliphatic heterocycles. The van der Waals surface area contributed by atoms with Gasteiger partial charge >= 0.3 is 0 Å². The molecule has 0 amide bonds. The van der Waals surface area contributed by atoms with Crippen LogP contribution >= 0.6 is 23.1 Å². The molecule has 0 aliphatic carbocycles. The molecular formula is C16H13FN2O2S2. The second kappa shape index (κ2) is 6.64. The lowest BCUT2D eigenvalue weighted by atomic mass is 10.1. The minimum atomic E-state index is -0.376. The van der Waals surface area contributed by atoms with Crippen molar-refractivity contribution in [2.24, 2.45) is 0 Å². The van der Waals surface area contributed by atoms with Gasteiger partial charge in [-0.25, -0.2) is 9.37 Å². The second-order valence-electron chi connectivity index (χ2n) is 4.80. The molecule has 0 radical (unpaired) electrons. The number of aromatic nitrogens is 2. The van der Waals surface area contributed by atoms with Gasteiger partial charge in [-0.2, -0.15) is 0 Å². The second-order valence-corrected chi connectivity index (χ2v) is 6.66. The van der Waals surface area contributed by atoms with Crippen molar-refractivity contribution in [1.82, 2.24) is 9.55 Å². The highest BCUT2D eigenvalue weighted by Crippen LogP contribution is 2.21. The summed E-state index contributed by atoms with van der Waals surface area (Å²) in [6.45, 7) is 2.36. The van der Waals surface area contributed by atoms with Crippen LogP contribution in [0.1, 0.15) is 17.3 Å². The Balaban J connectivity index is 1.85. The van der Waals surface area contributed by atoms with Gasteiger partial charge in [0.25, 0.3) is 5.56 Å². The SMILES string of the molecule is CCn1c(SCC(=O)c2ccc(F)cc2)nc2ccsc2c1=O. The van der Waals surface area contributed by atoms with Crippen molar-refractivity contribution < 1.29 is 9.18 Å². The molecule has 0 saturated carbocycles. The fourth-order valence-electron chi connectivity index (χ4n) is 2.16. The molecule has 3 rings (SSSR count). The lowest BCUT2D eigenvalue weighted by Gasteiger charge is -2.09. The third-order valence-electron chi connectivity index (χ3n) is 3.35. The van der Waals surface area contributed by atoms with E-state index in [1.165, 1.54) is 47.4 Å². The van der Waals surface area contributed by atoms with E-state index in [0.717, 1.165) is 0 Å². The van der Waals surface area contributed by atoms with Crippen LogP contribution in [0.25, 0.3) is 10.2 Å². The molecule has 23 heavy (non-hydrogen) atoms. The van der Waals surface area contributed by atoms with E-state index >= 15 is 0 Å². The maximum Gasteiger partial charge on any atom is 0.272 e. The first-order valence-corrected chi connectivity index (χ1v) is 8.86. The molecule has 4 nitrogen and oxygen atoms in total. The van der Waals surface area contributed by atoms with Gasteiger partial charge in [-0.3, -0.25) is 14.2 Å². The summed E-state index contributed by atoms with van der Waals surface area (Å²) in [4.78, 5) is 29.0. The first-order chi connectivity index (χ1) is 11.1. The van der Waals surface area contributed by atoms with Gasteiger partial charge in [0.1, 0.15) is 10.5 Å². The Morgan fingerprint density at radius 2 is 2.04 bits per heavy atom. The molecule has 2 aromatic heterocycles. The van der Waals surface area contributed by atoms with Crippen LogP contribution in [0, 0.1) is 5.82 Å². The predicted octanol–water partition coefficient (Wildman–Crippen LogP) is 3.59. The zero-order chi connectivity index (χ0) is 16.4. The van der Waals surface area contributed by atoms with E-state index in [1.807, 2.05) is 12.3 Å². The lowest BCUT2D eigenvalue weighted by Crippen LogP contribution is -2.22. The van der Waals surface area contributed by atoms with E-state index in [4.69, 9.17) is 0 Å². The van der Waals surface area contributed by atoms with Crippen LogP contribution in [0.15, 0.2) is 45.7 Å². The van der Waals surface area contributed by atoms with Crippen LogP contribution in [-0.4, -0.2) is 21.1 Å². The van der Waals surface area contributed by atoms with E-state index in [1.54, 1.807) is 10.6 Å². The van der Waals surface area contributed by atoms with E-state index in [9.17, 15) is 14.0 Å². The standard InChI is InChI=1S/C16H13FN2O2S2/c1-2-19-15(21)14-12(7-8-22-14)18-16(19)23-9-13(20)10-3-5-11(17)6-4-10/h3-8H,2,9H2,1H3. The summed E-state index contributed by atoms with van der Waals surface area (Å²) in [5.41, 5.74) is 1.02. The van der Waals surface area contributed by atoms with E-state index in [-0.39, 0.29) is 22.9 Å². The topological polar surface area (TPSA) is 52.0 Å². The third kappa shape index (κ3) is 3.20. The van der Waals surface area contributed by atoms with Crippen LogP contribution in [0.3, 0.4) is 0 Å². The Labute approximate surface area is 140 Å². The minimum Gasteiger partial charge on any atom is -0.293 e. The highest BCUT2D eigenvalue weighted by atomic mass is 32.2. The van der Waals surface area contributed by atoms with Gasteiger partial charge in [0.15, 0.2) is 10.9 Å². The Hall–Kier alpha value is -1.99. The zero-order valence-electron chi connectivity index (χ0n) is 12.3. The zero-order valence-corrected chi connectivity index (χ0v) is 13.9. The maximum absolute atomic E-state index is 12.9. The fraction of sp³-hybridized carbons (Fsp3) is 0.188. The number of ketones is 1. The predicted molar refractivity (Wildman–Crippen MR) is 91.0 cm³/mol. The molecule has 0 atom stereocenters. The Morgan fingerprint density at radius 3 is 2.74 bits per heavy atom. The van der Waals surface area contributed by atoms with Crippen molar-refractivity contribution in [2.75, 3.05) is 5.75 Å². The first-order valence-electron chi connectivity index (χ1n) is 6.99. The Kier molecular flexibility index (Phi) is 4.58. The first kappa shape index (κ1) is 15.9. The molecule has 0 aliphatic rings. The third-order valence-corrected chi connectivity index (χ3v) is 5.21. The van der Waals surface area contributed by atoms with Crippen LogP contribution < -0.4 is 5.56 Å². The molecule has 0 fully saturated rings. The Morgan fingerprint density at radius 1 is 1.30 bits per heavy atom. The summed E-state index contributed by atoms with van der Waals surface area (Å²) in [6.07, 6.45) is 0. The van der Waals surface area contributed by atoms with Crippen LogP contribution in [0.2, 0.25) is 0 Å². The van der Waals surface area contributed by atoms with Crippen molar-refractivity contribution in [3.05, 3.63) is 57.4 Å². The van der Waals surface area contributed by atoms with Crippen molar-refractivity contribution >= 4 is 39.1 Å². The van der Waals surface area contributed by atoms with Crippen LogP contribution in [0.4, 0.5) is 4.39 Å². The Bertz CT molecular complexity index is 916. The normalized spacial score (nSPS) is 11.0. The number of carbonyl (C=O) groups is 1.